The summed E-state index contributed by atoms with van der Waals surface area (Å²) in [6, 6.07) is 9.78. The van der Waals surface area contributed by atoms with Gasteiger partial charge in [-0.25, -0.2) is 4.72 Å². The fourth-order valence-electron chi connectivity index (χ4n) is 1.21. The largest absolute Gasteiger partial charge is 0.369 e. The number of nitrogens with zero attached hydrogens (tertiary/aromatic N) is 2. The van der Waals surface area contributed by atoms with Gasteiger partial charge in [-0.15, -0.1) is 0 Å². The van der Waals surface area contributed by atoms with E-state index in [9.17, 15) is 8.42 Å². The molecule has 0 saturated carbocycles. The van der Waals surface area contributed by atoms with Crippen molar-refractivity contribution in [1.82, 2.24) is 9.03 Å². The number of hydrogen-bond acceptors (Lipinski definition) is 3. The summed E-state index contributed by atoms with van der Waals surface area (Å²) in [6.45, 7) is 0.436. The number of hydrogen-bond donors (Lipinski definition) is 2. The lowest BCUT2D eigenvalue weighted by Crippen LogP contribution is -2.43. The average molecular weight is 270 g/mol. The summed E-state index contributed by atoms with van der Waals surface area (Å²) >= 11 is 0. The summed E-state index contributed by atoms with van der Waals surface area (Å²) in [5.41, 5.74) is 6.62. The predicted molar refractivity (Wildman–Crippen MR) is 72.4 cm³/mol. The minimum Gasteiger partial charge on any atom is -0.369 e. The van der Waals surface area contributed by atoms with Gasteiger partial charge in [0.15, 0.2) is 0 Å². The Morgan fingerprint density at radius 2 is 1.94 bits per heavy atom. The lowest BCUT2D eigenvalue weighted by Gasteiger charge is -2.12. The molecule has 18 heavy (non-hydrogen) atoms. The summed E-state index contributed by atoms with van der Waals surface area (Å²) in [7, 11) is -0.732. The number of nitrogens with two attached hydrogens (primary N) is 1. The van der Waals surface area contributed by atoms with Crippen molar-refractivity contribution in [1.29, 1.82) is 0 Å². The molecule has 7 heteroatoms. The number of rotatable bonds is 5. The second-order valence-corrected chi connectivity index (χ2v) is 5.78. The topological polar surface area (TPSA) is 87.8 Å². The van der Waals surface area contributed by atoms with Crippen LogP contribution in [-0.2, 0) is 16.6 Å². The minimum absolute atomic E-state index is 0.0976. The molecule has 0 saturated heterocycles. The van der Waals surface area contributed by atoms with Crippen molar-refractivity contribution >= 4 is 16.2 Å². The predicted octanol–water partition coefficient (Wildman–Crippen LogP) is -0.0602. The molecule has 0 aliphatic rings. The molecule has 0 amide bonds. The van der Waals surface area contributed by atoms with Crippen molar-refractivity contribution in [3.63, 3.8) is 0 Å². The van der Waals surface area contributed by atoms with Crippen molar-refractivity contribution in [3.05, 3.63) is 35.9 Å². The molecular weight excluding hydrogens is 252 g/mol. The number of guanidine groups is 1. The molecule has 0 unspecified atom stereocenters. The lowest BCUT2D eigenvalue weighted by atomic mass is 10.2. The van der Waals surface area contributed by atoms with E-state index in [0.717, 1.165) is 9.87 Å². The van der Waals surface area contributed by atoms with E-state index in [4.69, 9.17) is 5.73 Å². The Kier molecular flexibility index (Phi) is 5.11. The Bertz CT molecular complexity index is 497. The van der Waals surface area contributed by atoms with Crippen LogP contribution in [0.5, 0.6) is 0 Å². The highest BCUT2D eigenvalue weighted by atomic mass is 32.2. The van der Waals surface area contributed by atoms with Crippen LogP contribution in [0.15, 0.2) is 35.3 Å². The van der Waals surface area contributed by atoms with Gasteiger partial charge in [0.25, 0.3) is 0 Å². The van der Waals surface area contributed by atoms with Gasteiger partial charge in [0.05, 0.1) is 0 Å². The Labute approximate surface area is 108 Å². The quantitative estimate of drug-likeness (QED) is 0.580. The fraction of sp³-hybridized carbons (Fsp3) is 0.364. The lowest BCUT2D eigenvalue weighted by molar-refractivity contribution is 0.516. The van der Waals surface area contributed by atoms with Gasteiger partial charge in [-0.05, 0) is 12.0 Å². The zero-order valence-electron chi connectivity index (χ0n) is 10.5. The number of benzene rings is 1. The Balaban J connectivity index is 2.49. The molecule has 1 aromatic rings. The van der Waals surface area contributed by atoms with Gasteiger partial charge in [-0.3, -0.25) is 4.99 Å². The van der Waals surface area contributed by atoms with Crippen LogP contribution in [0, 0.1) is 0 Å². The smallest absolute Gasteiger partial charge is 0.303 e. The van der Waals surface area contributed by atoms with Gasteiger partial charge < -0.3 is 5.73 Å². The van der Waals surface area contributed by atoms with Gasteiger partial charge in [-0.2, -0.15) is 12.7 Å². The molecule has 0 radical (unpaired) electrons. The van der Waals surface area contributed by atoms with Crippen molar-refractivity contribution in [3.8, 4) is 0 Å². The molecule has 0 heterocycles. The van der Waals surface area contributed by atoms with Gasteiger partial charge >= 0.3 is 10.2 Å². The van der Waals surface area contributed by atoms with E-state index in [0.29, 0.717) is 13.0 Å². The summed E-state index contributed by atoms with van der Waals surface area (Å²) < 4.78 is 26.1. The van der Waals surface area contributed by atoms with Crippen LogP contribution >= 0.6 is 0 Å². The van der Waals surface area contributed by atoms with E-state index in [-0.39, 0.29) is 5.96 Å². The Hall–Kier alpha value is -1.60. The third-order valence-electron chi connectivity index (χ3n) is 2.24. The maximum absolute atomic E-state index is 11.4. The zero-order valence-corrected chi connectivity index (χ0v) is 11.3. The van der Waals surface area contributed by atoms with Crippen molar-refractivity contribution in [2.24, 2.45) is 10.7 Å². The highest BCUT2D eigenvalue weighted by molar-refractivity contribution is 7.87. The van der Waals surface area contributed by atoms with E-state index in [1.165, 1.54) is 14.1 Å². The van der Waals surface area contributed by atoms with E-state index in [2.05, 4.69) is 9.71 Å². The van der Waals surface area contributed by atoms with E-state index in [1.54, 1.807) is 0 Å². The van der Waals surface area contributed by atoms with Gasteiger partial charge in [0, 0.05) is 20.6 Å². The van der Waals surface area contributed by atoms with E-state index < -0.39 is 10.2 Å². The van der Waals surface area contributed by atoms with Crippen LogP contribution in [0.25, 0.3) is 0 Å². The molecule has 0 fully saturated rings. The highest BCUT2D eigenvalue weighted by Crippen LogP contribution is 1.99. The monoisotopic (exact) mass is 270 g/mol. The standard InChI is InChI=1S/C11H18N4O2S/c1-15(2)18(16,17)14-11(12)13-9-8-10-6-4-3-5-7-10/h3-7H,8-9H2,1-2H3,(H3,12,13,14). The number of aliphatic imine (C=N–C) groups is 1. The summed E-state index contributed by atoms with van der Waals surface area (Å²) in [6.07, 6.45) is 0.714. The van der Waals surface area contributed by atoms with Gasteiger partial charge in [0.1, 0.15) is 0 Å². The summed E-state index contributed by atoms with van der Waals surface area (Å²) in [4.78, 5) is 3.96. The second-order valence-electron chi connectivity index (χ2n) is 3.89. The summed E-state index contributed by atoms with van der Waals surface area (Å²) in [5, 5.41) is 0. The Morgan fingerprint density at radius 1 is 1.33 bits per heavy atom. The summed E-state index contributed by atoms with van der Waals surface area (Å²) in [5.74, 6) is -0.0976. The van der Waals surface area contributed by atoms with E-state index >= 15 is 0 Å². The van der Waals surface area contributed by atoms with Crippen LogP contribution in [-0.4, -0.2) is 39.3 Å². The first-order chi connectivity index (χ1) is 8.42. The molecule has 0 aliphatic heterocycles. The zero-order chi connectivity index (χ0) is 13.6. The maximum atomic E-state index is 11.4. The molecule has 0 spiro atoms. The average Bonchev–Trinajstić information content (AvgIpc) is 2.29. The van der Waals surface area contributed by atoms with Crippen LogP contribution in [0.2, 0.25) is 0 Å². The van der Waals surface area contributed by atoms with Crippen molar-refractivity contribution in [2.45, 2.75) is 6.42 Å². The molecule has 0 atom stereocenters. The van der Waals surface area contributed by atoms with Crippen LogP contribution in [0.1, 0.15) is 5.56 Å². The molecule has 1 rings (SSSR count). The minimum atomic E-state index is -3.56. The van der Waals surface area contributed by atoms with Crippen LogP contribution in [0.3, 0.4) is 0 Å². The normalized spacial score (nSPS) is 12.7. The van der Waals surface area contributed by atoms with Gasteiger partial charge in [-0.1, -0.05) is 30.3 Å². The molecule has 0 bridgehead atoms. The highest BCUT2D eigenvalue weighted by Gasteiger charge is 2.13. The molecule has 0 aliphatic carbocycles. The molecule has 0 aromatic heterocycles. The first-order valence-electron chi connectivity index (χ1n) is 5.46. The van der Waals surface area contributed by atoms with Gasteiger partial charge in [0.2, 0.25) is 5.96 Å². The first-order valence-corrected chi connectivity index (χ1v) is 6.90. The number of nitrogens with one attached hydrogen (secondary N) is 1. The molecule has 1 aromatic carbocycles. The van der Waals surface area contributed by atoms with Crippen molar-refractivity contribution in [2.75, 3.05) is 20.6 Å². The molecule has 3 N–H and O–H groups in total. The molecule has 100 valence electrons. The maximum Gasteiger partial charge on any atom is 0.303 e. The third kappa shape index (κ3) is 4.72. The second kappa shape index (κ2) is 6.36. The third-order valence-corrected chi connectivity index (χ3v) is 3.67. The molecular formula is C11H18N4O2S. The Morgan fingerprint density at radius 3 is 2.50 bits per heavy atom. The van der Waals surface area contributed by atoms with E-state index in [1.807, 2.05) is 30.3 Å². The first kappa shape index (κ1) is 14.5. The fourth-order valence-corrected chi connectivity index (χ4v) is 1.72. The molecule has 6 nitrogen and oxygen atoms in total. The van der Waals surface area contributed by atoms with Crippen molar-refractivity contribution < 1.29 is 8.42 Å². The van der Waals surface area contributed by atoms with Crippen LogP contribution < -0.4 is 10.5 Å². The SMILES string of the molecule is CN(C)S(=O)(=O)NC(N)=NCCc1ccccc1. The van der Waals surface area contributed by atoms with Crippen LogP contribution in [0.4, 0.5) is 0 Å².